The van der Waals surface area contributed by atoms with Gasteiger partial charge in [-0.25, -0.2) is 9.78 Å². The van der Waals surface area contributed by atoms with Gasteiger partial charge in [-0.3, -0.25) is 76.7 Å². The molecule has 0 radical (unpaired) electrons. The summed E-state index contributed by atoms with van der Waals surface area (Å²) in [6.07, 6.45) is -3.57. The molecule has 2 heterocycles. The van der Waals surface area contributed by atoms with Crippen molar-refractivity contribution in [1.82, 2.24) is 84.0 Å². The molecule has 43 nitrogen and oxygen atoms in total. The van der Waals surface area contributed by atoms with E-state index in [1.54, 1.807) is 13.8 Å². The van der Waals surface area contributed by atoms with Crippen molar-refractivity contribution in [3.8, 4) is 0 Å². The molecule has 2 rings (SSSR count). The summed E-state index contributed by atoms with van der Waals surface area (Å²) in [4.78, 5) is 231. The lowest BCUT2D eigenvalue weighted by molar-refractivity contribution is -0.144. The van der Waals surface area contributed by atoms with Crippen LogP contribution >= 0.6 is 0 Å². The number of aliphatic hydroxyl groups excluding tert-OH is 6. The molecule has 1 aliphatic rings. The minimum atomic E-state index is -2.25. The molecule has 1 aromatic heterocycles. The van der Waals surface area contributed by atoms with Gasteiger partial charge in [0.15, 0.2) is 0 Å². The van der Waals surface area contributed by atoms with Crippen LogP contribution in [-0.2, 0) is 87.9 Å². The Bertz CT molecular complexity index is 3130. The fourth-order valence-electron chi connectivity index (χ4n) is 9.59. The van der Waals surface area contributed by atoms with Gasteiger partial charge in [-0.05, 0) is 51.4 Å². The lowest BCUT2D eigenvalue weighted by Gasteiger charge is -2.32. The summed E-state index contributed by atoms with van der Waals surface area (Å²) in [7, 11) is 0. The van der Waals surface area contributed by atoms with Crippen LogP contribution in [0.25, 0.3) is 0 Å². The van der Waals surface area contributed by atoms with E-state index in [1.807, 2.05) is 21.3 Å². The largest absolute Gasteiger partial charge is 0.481 e. The van der Waals surface area contributed by atoms with E-state index >= 15 is 0 Å². The van der Waals surface area contributed by atoms with E-state index in [-0.39, 0.29) is 25.1 Å². The SMILES string of the molecule is CC(C)[C@H](NC(=O)CNC(=O)[C@H](CO)NC(=O)[C@@H]1CCCN1C(=O)[C@@H](NC(=O)[C@H](CC(=O)O)NC(=O)[C@H](CO)NC(=O)[C@H](CC(=O)O)NC(=O)[C@H](CO)NC(=O)[C@@H](NC(=O)[C@H](Cc1cnc[nH]1)NC(=O)[C@H](CO)NC(=O)[C@H](C)NC(=O)[C@@H](NC(=O)[C@@H](N)[C@@H](C)O)C(C)C)[C@@H](C)O)C(C)C)C(=O)O. The normalized spacial score (nSPS) is 17.2. The number of hydrogen-bond donors (Lipinski definition) is 24. The molecule has 0 saturated carbocycles. The van der Waals surface area contributed by atoms with E-state index < -0.39 is 267 Å². The number of hydrogen-bond acceptors (Lipinski definition) is 25. The van der Waals surface area contributed by atoms with Gasteiger partial charge in [0, 0.05) is 24.9 Å². The van der Waals surface area contributed by atoms with Crippen molar-refractivity contribution in [1.29, 1.82) is 0 Å². The van der Waals surface area contributed by atoms with E-state index in [0.717, 1.165) is 11.8 Å². The van der Waals surface area contributed by atoms with Gasteiger partial charge in [0.25, 0.3) is 0 Å². The zero-order valence-electron chi connectivity index (χ0n) is 57.3. The van der Waals surface area contributed by atoms with Crippen LogP contribution < -0.4 is 74.9 Å². The summed E-state index contributed by atoms with van der Waals surface area (Å²) < 4.78 is 0. The first kappa shape index (κ1) is 88.0. The number of carbonyl (C=O) groups is 17. The third-order valence-corrected chi connectivity index (χ3v) is 15.5. The summed E-state index contributed by atoms with van der Waals surface area (Å²) in [6, 6.07) is -24.4. The molecule has 16 atom stereocenters. The highest BCUT2D eigenvalue weighted by Gasteiger charge is 2.43. The number of aromatic amines is 1. The fourth-order valence-corrected chi connectivity index (χ4v) is 9.59. The van der Waals surface area contributed by atoms with E-state index in [4.69, 9.17) is 5.73 Å². The van der Waals surface area contributed by atoms with E-state index in [2.05, 4.69) is 57.8 Å². The third kappa shape index (κ3) is 27.8. The summed E-state index contributed by atoms with van der Waals surface area (Å²) in [5, 5.41) is 118. The molecule has 0 bridgehead atoms. The second-order valence-corrected chi connectivity index (χ2v) is 24.9. The Morgan fingerprint density at radius 3 is 1.33 bits per heavy atom. The maximum atomic E-state index is 14.1. The summed E-state index contributed by atoms with van der Waals surface area (Å²) in [5.41, 5.74) is 5.85. The Labute approximate surface area is 582 Å². The first-order valence-electron chi connectivity index (χ1n) is 32.0. The first-order valence-corrected chi connectivity index (χ1v) is 32.0. The highest BCUT2D eigenvalue weighted by atomic mass is 16.4. The van der Waals surface area contributed by atoms with Crippen LogP contribution in [0, 0.1) is 17.8 Å². The van der Waals surface area contributed by atoms with Crippen LogP contribution in [0.4, 0.5) is 0 Å². The Morgan fingerprint density at radius 1 is 0.480 bits per heavy atom. The summed E-state index contributed by atoms with van der Waals surface area (Å²) in [5.74, 6) is -23.3. The maximum absolute atomic E-state index is 14.1. The lowest BCUT2D eigenvalue weighted by atomic mass is 10.0. The zero-order chi connectivity index (χ0) is 77.7. The number of likely N-dealkylation sites (tertiary alicyclic amines) is 1. The van der Waals surface area contributed by atoms with Crippen molar-refractivity contribution < 1.29 is 127 Å². The topological polar surface area (TPSA) is 687 Å². The molecule has 0 aromatic carbocycles. The van der Waals surface area contributed by atoms with Crippen LogP contribution in [-0.4, -0.2) is 298 Å². The Balaban J connectivity index is 2.26. The molecule has 0 spiro atoms. The Morgan fingerprint density at radius 2 is 0.892 bits per heavy atom. The van der Waals surface area contributed by atoms with Crippen LogP contribution in [0.1, 0.15) is 93.7 Å². The van der Waals surface area contributed by atoms with Gasteiger partial charge in [-0.15, -0.1) is 0 Å². The number of nitrogens with two attached hydrogens (primary N) is 1. The Kier molecular flexibility index (Phi) is 36.4. The van der Waals surface area contributed by atoms with Gasteiger partial charge in [0.05, 0.1) is 64.3 Å². The molecule has 1 aromatic rings. The van der Waals surface area contributed by atoms with E-state index in [9.17, 15) is 127 Å². The number of nitrogens with zero attached hydrogens (tertiary/aromatic N) is 2. The molecule has 0 unspecified atom stereocenters. The standard InChI is InChI=1S/C59H95N17O26/c1-23(2)42(73-55(97)41(60)27(8)81)56(98)64-26(7)46(88)68-34(19-78)51(93)65-30(13-29-16-61-22-63-29)49(91)75-45(28(9)82)57(99)71-36(21-80)53(95)66-31(14-39(84)85)48(90)69-35(20-79)52(94)67-32(15-40(86)87)50(92)74-43(24(3)4)58(100)76-12-10-11-37(76)54(96)70-33(18-77)47(89)62-17-38(83)72-44(25(5)6)59(101)102/h16,22-28,30-37,41-45,77-82H,10-15,17-21,60H2,1-9H3,(H,61,63)(H,62,89)(H,64,98)(H,65,93)(H,66,95)(H,67,94)(H,68,88)(H,69,90)(H,70,96)(H,71,99)(H,72,83)(H,73,97)(H,74,92)(H,75,91)(H,84,85)(H,86,87)(H,101,102)/t26-,27+,28+,30-,31-,32-,33-,34-,35-,36-,37-,41-,42-,43-,44-,45-/m0/s1. The molecule has 0 aliphatic carbocycles. The van der Waals surface area contributed by atoms with Crippen LogP contribution in [0.2, 0.25) is 0 Å². The number of amides is 14. The van der Waals surface area contributed by atoms with Gasteiger partial charge in [0.2, 0.25) is 82.7 Å². The molecule has 1 aliphatic heterocycles. The molecule has 1 fully saturated rings. The second-order valence-electron chi connectivity index (χ2n) is 24.9. The Hall–Kier alpha value is -10.1. The van der Waals surface area contributed by atoms with Crippen molar-refractivity contribution in [2.75, 3.05) is 39.5 Å². The number of H-pyrrole nitrogens is 1. The average Bonchev–Trinajstić information content (AvgIpc) is 1.63. The van der Waals surface area contributed by atoms with E-state index in [1.165, 1.54) is 54.1 Å². The molecule has 102 heavy (non-hydrogen) atoms. The summed E-state index contributed by atoms with van der Waals surface area (Å²) >= 11 is 0. The summed E-state index contributed by atoms with van der Waals surface area (Å²) in [6.45, 7) is 6.79. The van der Waals surface area contributed by atoms with Gasteiger partial charge >= 0.3 is 17.9 Å². The lowest BCUT2D eigenvalue weighted by Crippen LogP contribution is -2.63. The predicted octanol–water partition coefficient (Wildman–Crippen LogP) is -12.0. The minimum absolute atomic E-state index is 0.00830. The number of aliphatic hydroxyl groups is 6. The number of aromatic nitrogens is 2. The maximum Gasteiger partial charge on any atom is 0.326 e. The molecule has 14 amide bonds. The molecule has 1 saturated heterocycles. The van der Waals surface area contributed by atoms with Crippen molar-refractivity contribution >= 4 is 101 Å². The molecule has 43 heteroatoms. The van der Waals surface area contributed by atoms with Crippen molar-refractivity contribution in [3.05, 3.63) is 18.2 Å². The minimum Gasteiger partial charge on any atom is -0.481 e. The van der Waals surface area contributed by atoms with Gasteiger partial charge in [0.1, 0.15) is 84.6 Å². The number of rotatable bonds is 43. The number of carboxylic acids is 3. The zero-order valence-corrected chi connectivity index (χ0v) is 57.3. The van der Waals surface area contributed by atoms with Gasteiger partial charge in [-0.2, -0.15) is 0 Å². The first-order chi connectivity index (χ1) is 47.6. The average molecular weight is 1460 g/mol. The van der Waals surface area contributed by atoms with Gasteiger partial charge in [-0.1, -0.05) is 41.5 Å². The quantitative estimate of drug-likeness (QED) is 0.0289. The van der Waals surface area contributed by atoms with E-state index in [0.29, 0.717) is 0 Å². The molecule has 572 valence electrons. The van der Waals surface area contributed by atoms with Crippen LogP contribution in [0.5, 0.6) is 0 Å². The molecular weight excluding hydrogens is 1360 g/mol. The van der Waals surface area contributed by atoms with Crippen molar-refractivity contribution in [3.63, 3.8) is 0 Å². The van der Waals surface area contributed by atoms with Crippen molar-refractivity contribution in [2.45, 2.75) is 191 Å². The number of aliphatic carboxylic acids is 3. The van der Waals surface area contributed by atoms with Crippen molar-refractivity contribution in [2.24, 2.45) is 23.5 Å². The van der Waals surface area contributed by atoms with Crippen LogP contribution in [0.3, 0.4) is 0 Å². The molecular formula is C59H95N17O26. The molecule has 25 N–H and O–H groups in total. The van der Waals surface area contributed by atoms with Gasteiger partial charge < -0.3 is 131 Å². The highest BCUT2D eigenvalue weighted by Crippen LogP contribution is 2.21. The fraction of sp³-hybridized carbons (Fsp3) is 0.661. The van der Waals surface area contributed by atoms with Crippen LogP contribution in [0.15, 0.2) is 12.5 Å². The highest BCUT2D eigenvalue weighted by molar-refractivity contribution is 6.01. The monoisotopic (exact) mass is 1460 g/mol. The second kappa shape index (κ2) is 42.2. The number of carboxylic acid groups (broad SMARTS) is 3. The third-order valence-electron chi connectivity index (χ3n) is 15.5. The smallest absolute Gasteiger partial charge is 0.326 e. The number of carbonyl (C=O) groups excluding carboxylic acids is 14. The number of imidazole rings is 1. The predicted molar refractivity (Wildman–Crippen MR) is 345 cm³/mol. The number of nitrogens with one attached hydrogen (secondary N) is 14.